The molecule has 0 aliphatic heterocycles. The Morgan fingerprint density at radius 1 is 0.897 bits per heavy atom. The summed E-state index contributed by atoms with van der Waals surface area (Å²) < 4.78 is 7.30. The van der Waals surface area contributed by atoms with Gasteiger partial charge in [0.15, 0.2) is 22.8 Å². The van der Waals surface area contributed by atoms with Crippen LogP contribution in [0.4, 0.5) is 11.5 Å². The molecule has 0 bridgehead atoms. The Morgan fingerprint density at radius 3 is 2.31 bits per heavy atom. The van der Waals surface area contributed by atoms with Crippen molar-refractivity contribution in [2.24, 2.45) is 0 Å². The average molecular weight is 382 g/mol. The highest BCUT2D eigenvalue weighted by atomic mass is 16.5. The summed E-state index contributed by atoms with van der Waals surface area (Å²) in [7, 11) is 0. The fourth-order valence-corrected chi connectivity index (χ4v) is 3.34. The van der Waals surface area contributed by atoms with Crippen molar-refractivity contribution in [1.29, 1.82) is 0 Å². The lowest BCUT2D eigenvalue weighted by molar-refractivity contribution is 0.393. The first-order valence-corrected chi connectivity index (χ1v) is 9.26. The first-order valence-electron chi connectivity index (χ1n) is 9.26. The van der Waals surface area contributed by atoms with Crippen molar-refractivity contribution in [3.05, 3.63) is 78.4 Å². The molecule has 3 aromatic heterocycles. The quantitative estimate of drug-likeness (QED) is 0.479. The maximum absolute atomic E-state index is 5.34. The number of nitrogens with one attached hydrogen (secondary N) is 1. The van der Waals surface area contributed by atoms with Gasteiger partial charge in [0.25, 0.3) is 0 Å². The molecule has 3 heterocycles. The Morgan fingerprint density at radius 2 is 1.62 bits per heavy atom. The lowest BCUT2D eigenvalue weighted by Gasteiger charge is -2.10. The molecule has 5 rings (SSSR count). The Balaban J connectivity index is 1.75. The lowest BCUT2D eigenvalue weighted by atomic mass is 10.2. The smallest absolute Gasteiger partial charge is 0.170 e. The molecule has 7 heteroatoms. The summed E-state index contributed by atoms with van der Waals surface area (Å²) in [5.74, 6) is 1.86. The summed E-state index contributed by atoms with van der Waals surface area (Å²) in [6.07, 6.45) is 1.77. The molecule has 5 aromatic rings. The molecule has 29 heavy (non-hydrogen) atoms. The highest BCUT2D eigenvalue weighted by molar-refractivity contribution is 5.88. The second kappa shape index (κ2) is 6.87. The second-order valence-electron chi connectivity index (χ2n) is 6.71. The van der Waals surface area contributed by atoms with Gasteiger partial charge in [0.1, 0.15) is 12.1 Å². The summed E-state index contributed by atoms with van der Waals surface area (Å²) in [5, 5.41) is 7.43. The number of benzene rings is 2. The van der Waals surface area contributed by atoms with Crippen molar-refractivity contribution in [3.63, 3.8) is 0 Å². The zero-order valence-corrected chi connectivity index (χ0v) is 16.0. The summed E-state index contributed by atoms with van der Waals surface area (Å²) in [5.41, 5.74) is 4.84. The number of aryl methyl sites for hydroxylation is 2. The second-order valence-corrected chi connectivity index (χ2v) is 6.71. The molecule has 0 aliphatic rings. The van der Waals surface area contributed by atoms with Gasteiger partial charge in [-0.2, -0.15) is 0 Å². The topological polar surface area (TPSA) is 81.7 Å². The van der Waals surface area contributed by atoms with E-state index in [0.29, 0.717) is 28.6 Å². The van der Waals surface area contributed by atoms with E-state index in [0.717, 1.165) is 22.6 Å². The summed E-state index contributed by atoms with van der Waals surface area (Å²) in [4.78, 5) is 14.2. The number of nitrogens with zero attached hydrogens (tertiary/aromatic N) is 5. The zero-order valence-electron chi connectivity index (χ0n) is 16.0. The molecule has 2 aromatic carbocycles. The van der Waals surface area contributed by atoms with Crippen molar-refractivity contribution in [1.82, 2.24) is 24.7 Å². The Bertz CT molecular complexity index is 1270. The van der Waals surface area contributed by atoms with E-state index in [1.165, 1.54) is 0 Å². The van der Waals surface area contributed by atoms with E-state index in [-0.39, 0.29) is 0 Å². The highest BCUT2D eigenvalue weighted by Crippen LogP contribution is 2.30. The zero-order chi connectivity index (χ0) is 19.8. The van der Waals surface area contributed by atoms with Gasteiger partial charge < -0.3 is 9.84 Å². The number of para-hydroxylation sites is 2. The van der Waals surface area contributed by atoms with Crippen LogP contribution in [0.2, 0.25) is 0 Å². The van der Waals surface area contributed by atoms with E-state index >= 15 is 0 Å². The molecule has 0 radical (unpaired) electrons. The van der Waals surface area contributed by atoms with Crippen LogP contribution < -0.4 is 5.32 Å². The van der Waals surface area contributed by atoms with Crippen LogP contribution in [0.25, 0.3) is 28.2 Å². The van der Waals surface area contributed by atoms with Crippen LogP contribution in [0.3, 0.4) is 0 Å². The number of hydrogen-bond donors (Lipinski definition) is 1. The van der Waals surface area contributed by atoms with Crippen molar-refractivity contribution in [2.45, 2.75) is 13.8 Å². The molecular formula is C22H18N6O. The van der Waals surface area contributed by atoms with E-state index in [1.54, 1.807) is 6.33 Å². The third kappa shape index (κ3) is 3.02. The van der Waals surface area contributed by atoms with Gasteiger partial charge in [-0.05, 0) is 38.1 Å². The van der Waals surface area contributed by atoms with Gasteiger partial charge >= 0.3 is 0 Å². The van der Waals surface area contributed by atoms with Crippen molar-refractivity contribution < 1.29 is 4.52 Å². The Labute approximate surface area is 167 Å². The molecule has 142 valence electrons. The number of rotatable bonds is 4. The number of fused-ring (bicyclic) bond motifs is 1. The van der Waals surface area contributed by atoms with Crippen LogP contribution in [-0.4, -0.2) is 24.7 Å². The SMILES string of the molecule is Cc1noc(C)c1-c1nc(Nc2ccccc2)c2ncn(-c3ccccc3)c2n1. The fraction of sp³-hybridized carbons (Fsp3) is 0.0909. The van der Waals surface area contributed by atoms with Crippen molar-refractivity contribution in [2.75, 3.05) is 5.32 Å². The summed E-state index contributed by atoms with van der Waals surface area (Å²) in [6, 6.07) is 19.9. The third-order valence-corrected chi connectivity index (χ3v) is 4.72. The van der Waals surface area contributed by atoms with Gasteiger partial charge in [0.05, 0.1) is 11.3 Å². The average Bonchev–Trinajstić information content (AvgIpc) is 3.32. The Hall–Kier alpha value is -4.00. The van der Waals surface area contributed by atoms with Crippen LogP contribution in [0.1, 0.15) is 11.5 Å². The molecule has 7 nitrogen and oxygen atoms in total. The van der Waals surface area contributed by atoms with Gasteiger partial charge in [-0.25, -0.2) is 15.0 Å². The molecule has 0 saturated carbocycles. The molecule has 0 atom stereocenters. The minimum absolute atomic E-state index is 0.546. The maximum Gasteiger partial charge on any atom is 0.170 e. The minimum Gasteiger partial charge on any atom is -0.361 e. The first-order chi connectivity index (χ1) is 14.2. The normalized spacial score (nSPS) is 11.1. The fourth-order valence-electron chi connectivity index (χ4n) is 3.34. The Kier molecular flexibility index (Phi) is 4.05. The predicted octanol–water partition coefficient (Wildman–Crippen LogP) is 4.83. The van der Waals surface area contributed by atoms with E-state index in [4.69, 9.17) is 14.5 Å². The first kappa shape index (κ1) is 17.1. The van der Waals surface area contributed by atoms with Crippen molar-refractivity contribution in [3.8, 4) is 17.1 Å². The minimum atomic E-state index is 0.546. The molecule has 0 unspecified atom stereocenters. The van der Waals surface area contributed by atoms with Gasteiger partial charge in [-0.15, -0.1) is 0 Å². The third-order valence-electron chi connectivity index (χ3n) is 4.72. The largest absolute Gasteiger partial charge is 0.361 e. The van der Waals surface area contributed by atoms with Gasteiger partial charge in [-0.1, -0.05) is 41.6 Å². The van der Waals surface area contributed by atoms with E-state index in [1.807, 2.05) is 79.1 Å². The predicted molar refractivity (Wildman–Crippen MR) is 111 cm³/mol. The highest BCUT2D eigenvalue weighted by Gasteiger charge is 2.20. The molecule has 1 N–H and O–H groups in total. The standard InChI is InChI=1S/C22H18N6O/c1-14-18(15(2)29-27-14)20-25-21(24-16-9-5-3-6-10-16)19-22(26-20)28(13-23-19)17-11-7-4-8-12-17/h3-13H,1-2H3,(H,24,25,26). The van der Waals surface area contributed by atoms with Crippen LogP contribution in [0.15, 0.2) is 71.5 Å². The molecule has 0 amide bonds. The van der Waals surface area contributed by atoms with Gasteiger partial charge in [0.2, 0.25) is 0 Å². The van der Waals surface area contributed by atoms with E-state index in [9.17, 15) is 0 Å². The number of hydrogen-bond acceptors (Lipinski definition) is 6. The molecule has 0 aliphatic carbocycles. The molecular weight excluding hydrogens is 364 g/mol. The summed E-state index contributed by atoms with van der Waals surface area (Å²) in [6.45, 7) is 3.75. The monoisotopic (exact) mass is 382 g/mol. The molecule has 0 fully saturated rings. The van der Waals surface area contributed by atoms with E-state index in [2.05, 4.69) is 15.5 Å². The van der Waals surface area contributed by atoms with Crippen molar-refractivity contribution >= 4 is 22.7 Å². The van der Waals surface area contributed by atoms with Gasteiger partial charge in [0, 0.05) is 11.4 Å². The van der Waals surface area contributed by atoms with Crippen LogP contribution in [0, 0.1) is 13.8 Å². The van der Waals surface area contributed by atoms with Gasteiger partial charge in [-0.3, -0.25) is 4.57 Å². The summed E-state index contributed by atoms with van der Waals surface area (Å²) >= 11 is 0. The number of imidazole rings is 1. The van der Waals surface area contributed by atoms with Crippen LogP contribution in [-0.2, 0) is 0 Å². The number of aromatic nitrogens is 5. The number of anilines is 2. The van der Waals surface area contributed by atoms with Crippen LogP contribution in [0.5, 0.6) is 0 Å². The maximum atomic E-state index is 5.34. The van der Waals surface area contributed by atoms with E-state index < -0.39 is 0 Å². The molecule has 0 spiro atoms. The van der Waals surface area contributed by atoms with Crippen LogP contribution >= 0.6 is 0 Å². The lowest BCUT2D eigenvalue weighted by Crippen LogP contribution is -2.02. The molecule has 0 saturated heterocycles.